The molecular weight excluding hydrogens is 264 g/mol. The largest absolute Gasteiger partial charge is 0.457 e. The number of hydrogen-bond acceptors (Lipinski definition) is 4. The summed E-state index contributed by atoms with van der Waals surface area (Å²) in [7, 11) is 0. The van der Waals surface area contributed by atoms with Gasteiger partial charge in [-0.1, -0.05) is 17.7 Å². The van der Waals surface area contributed by atoms with E-state index >= 15 is 0 Å². The highest BCUT2D eigenvalue weighted by Gasteiger charge is 2.13. The van der Waals surface area contributed by atoms with Crippen LogP contribution < -0.4 is 5.73 Å². The zero-order valence-corrected chi connectivity index (χ0v) is 12.9. The average molecular weight is 284 g/mol. The van der Waals surface area contributed by atoms with Gasteiger partial charge in [0, 0.05) is 0 Å². The van der Waals surface area contributed by atoms with E-state index in [9.17, 15) is 4.79 Å². The predicted octanol–water partition coefficient (Wildman–Crippen LogP) is 3.25. The van der Waals surface area contributed by atoms with Gasteiger partial charge < -0.3 is 10.5 Å². The molecule has 0 saturated heterocycles. The minimum atomic E-state index is -0.397. The van der Waals surface area contributed by atoms with Gasteiger partial charge in [-0.2, -0.15) is 0 Å². The zero-order valence-electron chi connectivity index (χ0n) is 12.9. The highest BCUT2D eigenvalue weighted by atomic mass is 16.5. The van der Waals surface area contributed by atoms with E-state index in [0.717, 1.165) is 16.7 Å². The van der Waals surface area contributed by atoms with Crippen molar-refractivity contribution < 1.29 is 9.53 Å². The molecule has 0 atom stereocenters. The molecule has 21 heavy (non-hydrogen) atoms. The fourth-order valence-corrected chi connectivity index (χ4v) is 2.41. The van der Waals surface area contributed by atoms with Crippen LogP contribution in [0, 0.1) is 27.7 Å². The quantitative estimate of drug-likeness (QED) is 0.879. The van der Waals surface area contributed by atoms with Crippen molar-refractivity contribution in [2.24, 2.45) is 0 Å². The number of ether oxygens (including phenoxy) is 1. The van der Waals surface area contributed by atoms with Gasteiger partial charge in [0.1, 0.15) is 6.61 Å². The number of rotatable bonds is 3. The second-order valence-electron chi connectivity index (χ2n) is 5.36. The molecule has 0 radical (unpaired) electrons. The summed E-state index contributed by atoms with van der Waals surface area (Å²) < 4.78 is 5.42. The van der Waals surface area contributed by atoms with Crippen LogP contribution >= 0.6 is 0 Å². The Hall–Kier alpha value is -2.36. The lowest BCUT2D eigenvalue weighted by Crippen LogP contribution is -2.10. The van der Waals surface area contributed by atoms with Crippen LogP contribution in [0.3, 0.4) is 0 Å². The molecule has 2 aromatic rings. The minimum absolute atomic E-state index is 0.255. The molecule has 1 aromatic carbocycles. The Bertz CT molecular complexity index is 670. The van der Waals surface area contributed by atoms with Crippen molar-refractivity contribution in [1.29, 1.82) is 0 Å². The lowest BCUT2D eigenvalue weighted by molar-refractivity contribution is 0.0470. The summed E-state index contributed by atoms with van der Waals surface area (Å²) in [5.41, 5.74) is 11.7. The maximum Gasteiger partial charge on any atom is 0.340 e. The summed E-state index contributed by atoms with van der Waals surface area (Å²) in [6.07, 6.45) is 1.53. The van der Waals surface area contributed by atoms with Crippen molar-refractivity contribution in [2.45, 2.75) is 34.3 Å². The Morgan fingerprint density at radius 3 is 2.38 bits per heavy atom. The number of esters is 1. The number of aryl methyl sites for hydroxylation is 4. The molecule has 110 valence electrons. The molecule has 4 heteroatoms. The van der Waals surface area contributed by atoms with Crippen LogP contribution in [0.15, 0.2) is 24.4 Å². The molecule has 4 nitrogen and oxygen atoms in total. The summed E-state index contributed by atoms with van der Waals surface area (Å²) in [5.74, 6) is -0.397. The van der Waals surface area contributed by atoms with E-state index in [-0.39, 0.29) is 6.61 Å². The van der Waals surface area contributed by atoms with Gasteiger partial charge in [0.25, 0.3) is 0 Å². The maximum atomic E-state index is 12.2. The Morgan fingerprint density at radius 2 is 1.76 bits per heavy atom. The van der Waals surface area contributed by atoms with E-state index in [1.54, 1.807) is 13.0 Å². The normalized spacial score (nSPS) is 10.5. The second kappa shape index (κ2) is 5.95. The van der Waals surface area contributed by atoms with Gasteiger partial charge in [-0.05, 0) is 50.5 Å². The van der Waals surface area contributed by atoms with Gasteiger partial charge in [0.15, 0.2) is 0 Å². The predicted molar refractivity (Wildman–Crippen MR) is 83.2 cm³/mol. The summed E-state index contributed by atoms with van der Waals surface area (Å²) in [6.45, 7) is 8.12. The topological polar surface area (TPSA) is 65.2 Å². The molecule has 0 saturated carbocycles. The fraction of sp³-hybridized carbons (Fsp3) is 0.294. The molecule has 0 aliphatic rings. The number of hydrogen-bond donors (Lipinski definition) is 1. The number of nitrogens with two attached hydrogens (primary N) is 1. The number of carbonyl (C=O) groups excluding carboxylic acids is 1. The molecule has 2 N–H and O–H groups in total. The van der Waals surface area contributed by atoms with Crippen LogP contribution in [0.25, 0.3) is 0 Å². The number of nitrogens with zero attached hydrogens (tertiary/aromatic N) is 1. The van der Waals surface area contributed by atoms with Crippen LogP contribution in [0.1, 0.15) is 38.3 Å². The lowest BCUT2D eigenvalue weighted by Gasteiger charge is -2.12. The van der Waals surface area contributed by atoms with Gasteiger partial charge in [0.2, 0.25) is 0 Å². The summed E-state index contributed by atoms with van der Waals surface area (Å²) in [4.78, 5) is 16.2. The number of aromatic nitrogens is 1. The first-order valence-electron chi connectivity index (χ1n) is 6.84. The van der Waals surface area contributed by atoms with E-state index < -0.39 is 5.97 Å². The van der Waals surface area contributed by atoms with Gasteiger partial charge in [-0.3, -0.25) is 4.98 Å². The lowest BCUT2D eigenvalue weighted by atomic mass is 10.0. The molecule has 0 bridgehead atoms. The number of anilines is 1. The standard InChI is InChI=1S/C17H20N2O2/c1-10-5-11(2)16(12(3)6-10)9-21-17(20)15-7-14(18)8-19-13(15)4/h5-8H,9,18H2,1-4H3. The van der Waals surface area contributed by atoms with Crippen molar-refractivity contribution >= 4 is 11.7 Å². The molecule has 2 rings (SSSR count). The van der Waals surface area contributed by atoms with E-state index in [2.05, 4.69) is 24.0 Å². The van der Waals surface area contributed by atoms with E-state index in [0.29, 0.717) is 16.9 Å². The smallest absolute Gasteiger partial charge is 0.340 e. The van der Waals surface area contributed by atoms with Gasteiger partial charge in [-0.25, -0.2) is 4.79 Å². The Morgan fingerprint density at radius 1 is 1.14 bits per heavy atom. The molecule has 0 amide bonds. The van der Waals surface area contributed by atoms with Gasteiger partial charge in [-0.15, -0.1) is 0 Å². The summed E-state index contributed by atoms with van der Waals surface area (Å²) in [6, 6.07) is 5.77. The second-order valence-corrected chi connectivity index (χ2v) is 5.36. The monoisotopic (exact) mass is 284 g/mol. The van der Waals surface area contributed by atoms with Crippen LogP contribution in [0.4, 0.5) is 5.69 Å². The molecule has 1 heterocycles. The Kier molecular flexibility index (Phi) is 4.26. The molecule has 1 aromatic heterocycles. The Balaban J connectivity index is 2.17. The molecule has 0 spiro atoms. The maximum absolute atomic E-state index is 12.2. The number of nitrogen functional groups attached to an aromatic ring is 1. The van der Waals surface area contributed by atoms with Crippen molar-refractivity contribution in [2.75, 3.05) is 5.73 Å². The van der Waals surface area contributed by atoms with Crippen molar-refractivity contribution in [3.63, 3.8) is 0 Å². The molecular formula is C17H20N2O2. The van der Waals surface area contributed by atoms with Crippen LogP contribution in [-0.2, 0) is 11.3 Å². The number of benzene rings is 1. The average Bonchev–Trinajstić information content (AvgIpc) is 2.40. The third-order valence-corrected chi connectivity index (χ3v) is 3.52. The summed E-state index contributed by atoms with van der Waals surface area (Å²) in [5, 5.41) is 0. The third-order valence-electron chi connectivity index (χ3n) is 3.52. The SMILES string of the molecule is Cc1cc(C)c(COC(=O)c2cc(N)cnc2C)c(C)c1. The Labute approximate surface area is 125 Å². The molecule has 0 aliphatic carbocycles. The van der Waals surface area contributed by atoms with Crippen LogP contribution in [-0.4, -0.2) is 11.0 Å². The number of pyridine rings is 1. The molecule has 0 fully saturated rings. The molecule has 0 unspecified atom stereocenters. The van der Waals surface area contributed by atoms with E-state index in [1.165, 1.54) is 11.8 Å². The zero-order chi connectivity index (χ0) is 15.6. The van der Waals surface area contributed by atoms with Crippen LogP contribution in [0.2, 0.25) is 0 Å². The highest BCUT2D eigenvalue weighted by molar-refractivity contribution is 5.91. The van der Waals surface area contributed by atoms with Crippen LogP contribution in [0.5, 0.6) is 0 Å². The van der Waals surface area contributed by atoms with E-state index in [1.807, 2.05) is 13.8 Å². The van der Waals surface area contributed by atoms with Crippen molar-refractivity contribution in [1.82, 2.24) is 4.98 Å². The minimum Gasteiger partial charge on any atom is -0.457 e. The summed E-state index contributed by atoms with van der Waals surface area (Å²) >= 11 is 0. The van der Waals surface area contributed by atoms with Crippen molar-refractivity contribution in [3.8, 4) is 0 Å². The molecule has 0 aliphatic heterocycles. The van der Waals surface area contributed by atoms with Gasteiger partial charge in [0.05, 0.1) is 23.1 Å². The first kappa shape index (κ1) is 15.0. The first-order valence-corrected chi connectivity index (χ1v) is 6.84. The fourth-order valence-electron chi connectivity index (χ4n) is 2.41. The highest BCUT2D eigenvalue weighted by Crippen LogP contribution is 2.18. The third kappa shape index (κ3) is 3.40. The van der Waals surface area contributed by atoms with Gasteiger partial charge >= 0.3 is 5.97 Å². The number of carbonyl (C=O) groups is 1. The van der Waals surface area contributed by atoms with Crippen molar-refractivity contribution in [3.05, 3.63) is 57.9 Å². The van der Waals surface area contributed by atoms with E-state index in [4.69, 9.17) is 10.5 Å². The first-order chi connectivity index (χ1) is 9.88.